The van der Waals surface area contributed by atoms with Crippen LogP contribution in [-0.4, -0.2) is 31.0 Å². The predicted octanol–water partition coefficient (Wildman–Crippen LogP) is 3.29. The second-order valence-electron chi connectivity index (χ2n) is 6.01. The number of rotatable bonds is 5. The zero-order chi connectivity index (χ0) is 19.6. The van der Waals surface area contributed by atoms with E-state index in [9.17, 15) is 18.4 Å². The highest BCUT2D eigenvalue weighted by molar-refractivity contribution is 7.90. The smallest absolute Gasteiger partial charge is 0.338 e. The van der Waals surface area contributed by atoms with Gasteiger partial charge in [-0.1, -0.05) is 42.5 Å². The summed E-state index contributed by atoms with van der Waals surface area (Å²) >= 11 is 0. The van der Waals surface area contributed by atoms with E-state index in [4.69, 9.17) is 10.2 Å². The Morgan fingerprint density at radius 1 is 1.07 bits per heavy atom. The maximum absolute atomic E-state index is 11.7. The summed E-state index contributed by atoms with van der Waals surface area (Å²) < 4.78 is 28.9. The highest BCUT2D eigenvalue weighted by atomic mass is 32.2. The molecular formula is C19H18N2O5S. The predicted molar refractivity (Wildman–Crippen MR) is 99.6 cm³/mol. The number of furan rings is 1. The quantitative estimate of drug-likeness (QED) is 0.516. The van der Waals surface area contributed by atoms with Crippen molar-refractivity contribution in [3.05, 3.63) is 66.6 Å². The van der Waals surface area contributed by atoms with Crippen molar-refractivity contribution >= 4 is 15.9 Å². The van der Waals surface area contributed by atoms with Crippen molar-refractivity contribution < 1.29 is 22.8 Å². The molecule has 3 rings (SSSR count). The van der Waals surface area contributed by atoms with Gasteiger partial charge in [0, 0.05) is 17.4 Å². The molecule has 7 nitrogen and oxygen atoms in total. The van der Waals surface area contributed by atoms with Crippen LogP contribution < -0.4 is 5.73 Å². The Balaban J connectivity index is 2.10. The summed E-state index contributed by atoms with van der Waals surface area (Å²) in [6.07, 6.45) is 2.65. The Morgan fingerprint density at radius 3 is 2.26 bits per heavy atom. The minimum absolute atomic E-state index is 0.214. The van der Waals surface area contributed by atoms with Crippen LogP contribution in [0.2, 0.25) is 0 Å². The monoisotopic (exact) mass is 386 g/mol. The summed E-state index contributed by atoms with van der Waals surface area (Å²) in [4.78, 5) is 11.4. The van der Waals surface area contributed by atoms with E-state index in [0.717, 1.165) is 17.4 Å². The number of carbonyl (C=O) groups excluding carboxylic acids is 1. The summed E-state index contributed by atoms with van der Waals surface area (Å²) in [6, 6.07) is 14.7. The second kappa shape index (κ2) is 7.26. The summed E-state index contributed by atoms with van der Waals surface area (Å²) in [5, 5.41) is 10.1. The van der Waals surface area contributed by atoms with Crippen LogP contribution in [-0.2, 0) is 16.4 Å². The largest absolute Gasteiger partial charge is 0.466 e. The molecule has 2 amide bonds. The third-order valence-corrected chi connectivity index (χ3v) is 5.20. The topological polar surface area (TPSA) is 114 Å². The van der Waals surface area contributed by atoms with Crippen LogP contribution >= 0.6 is 0 Å². The van der Waals surface area contributed by atoms with Crippen LogP contribution in [0.1, 0.15) is 5.76 Å². The van der Waals surface area contributed by atoms with E-state index >= 15 is 0 Å². The third kappa shape index (κ3) is 4.02. The van der Waals surface area contributed by atoms with Gasteiger partial charge in [0.2, 0.25) is 0 Å². The molecule has 0 spiro atoms. The second-order valence-corrected chi connectivity index (χ2v) is 8.02. The third-order valence-electron chi connectivity index (χ3n) is 4.07. The van der Waals surface area contributed by atoms with Gasteiger partial charge in [-0.25, -0.2) is 13.2 Å². The van der Waals surface area contributed by atoms with Gasteiger partial charge in [-0.05, 0) is 23.3 Å². The van der Waals surface area contributed by atoms with E-state index in [-0.39, 0.29) is 11.4 Å². The molecule has 0 fully saturated rings. The summed E-state index contributed by atoms with van der Waals surface area (Å²) in [5.74, 6) is 0.352. The normalized spacial score (nSPS) is 11.3. The Morgan fingerprint density at radius 2 is 1.70 bits per heavy atom. The van der Waals surface area contributed by atoms with Crippen LogP contribution in [0.4, 0.5) is 4.79 Å². The standard InChI is InChI=1S/C19H18N2O5S/c1-27(24,25)15-9-7-13(8-10-15)16-12-26-17(11-21(23)19(20)22)18(16)14-5-3-2-4-6-14/h2-10,12,23H,11H2,1H3,(H2,20,22). The van der Waals surface area contributed by atoms with Gasteiger partial charge < -0.3 is 10.2 Å². The van der Waals surface area contributed by atoms with E-state index in [1.807, 2.05) is 30.3 Å². The number of primary amides is 1. The zero-order valence-electron chi connectivity index (χ0n) is 14.5. The Labute approximate surface area is 156 Å². The minimum Gasteiger partial charge on any atom is -0.466 e. The molecule has 0 saturated carbocycles. The summed E-state index contributed by atoms with van der Waals surface area (Å²) in [5.41, 5.74) is 8.03. The highest BCUT2D eigenvalue weighted by Crippen LogP contribution is 2.37. The van der Waals surface area contributed by atoms with Crippen molar-refractivity contribution in [3.8, 4) is 22.3 Å². The fourth-order valence-corrected chi connectivity index (χ4v) is 3.37. The van der Waals surface area contributed by atoms with Crippen LogP contribution in [0.25, 0.3) is 22.3 Å². The van der Waals surface area contributed by atoms with E-state index in [1.165, 1.54) is 18.4 Å². The van der Waals surface area contributed by atoms with Gasteiger partial charge in [0.05, 0.1) is 11.2 Å². The molecule has 0 unspecified atom stereocenters. The fraction of sp³-hybridized carbons (Fsp3) is 0.105. The molecular weight excluding hydrogens is 368 g/mol. The maximum Gasteiger partial charge on any atom is 0.338 e. The number of hydrogen-bond donors (Lipinski definition) is 2. The molecule has 140 valence electrons. The van der Waals surface area contributed by atoms with Crippen LogP contribution in [0.15, 0.2) is 70.2 Å². The highest BCUT2D eigenvalue weighted by Gasteiger charge is 2.20. The molecule has 0 saturated heterocycles. The lowest BCUT2D eigenvalue weighted by atomic mass is 9.97. The number of benzene rings is 2. The van der Waals surface area contributed by atoms with Gasteiger partial charge in [0.25, 0.3) is 0 Å². The fourth-order valence-electron chi connectivity index (χ4n) is 2.74. The molecule has 0 radical (unpaired) electrons. The minimum atomic E-state index is -3.30. The molecule has 0 bridgehead atoms. The molecule has 8 heteroatoms. The Hall–Kier alpha value is -3.10. The molecule has 2 aromatic carbocycles. The van der Waals surface area contributed by atoms with Crippen molar-refractivity contribution in [2.75, 3.05) is 6.26 Å². The molecule has 0 aliphatic carbocycles. The Bertz CT molecular complexity index is 1060. The molecule has 3 aromatic rings. The average Bonchev–Trinajstić information content (AvgIpc) is 3.05. The molecule has 1 heterocycles. The first-order valence-corrected chi connectivity index (χ1v) is 9.88. The lowest BCUT2D eigenvalue weighted by molar-refractivity contribution is -0.0511. The lowest BCUT2D eigenvalue weighted by Crippen LogP contribution is -2.32. The average molecular weight is 386 g/mol. The first kappa shape index (κ1) is 18.7. The Kier molecular flexibility index (Phi) is 5.02. The van der Waals surface area contributed by atoms with Crippen LogP contribution in [0.5, 0.6) is 0 Å². The van der Waals surface area contributed by atoms with Gasteiger partial charge in [0.15, 0.2) is 9.84 Å². The molecule has 0 aliphatic heterocycles. The number of urea groups is 1. The number of amides is 2. The zero-order valence-corrected chi connectivity index (χ0v) is 15.3. The first-order chi connectivity index (χ1) is 12.8. The van der Waals surface area contributed by atoms with Crippen molar-refractivity contribution in [2.24, 2.45) is 5.73 Å². The summed E-state index contributed by atoms with van der Waals surface area (Å²) in [7, 11) is -3.30. The number of carbonyl (C=O) groups is 1. The molecule has 1 aromatic heterocycles. The molecule has 0 aliphatic rings. The number of nitrogens with zero attached hydrogens (tertiary/aromatic N) is 1. The van der Waals surface area contributed by atoms with Crippen LogP contribution in [0, 0.1) is 0 Å². The van der Waals surface area contributed by atoms with Crippen molar-refractivity contribution in [1.29, 1.82) is 0 Å². The van der Waals surface area contributed by atoms with Gasteiger partial charge in [-0.15, -0.1) is 0 Å². The first-order valence-electron chi connectivity index (χ1n) is 7.99. The van der Waals surface area contributed by atoms with Gasteiger partial charge in [-0.2, -0.15) is 5.06 Å². The summed E-state index contributed by atoms with van der Waals surface area (Å²) in [6.45, 7) is -0.221. The maximum atomic E-state index is 11.7. The van der Waals surface area contributed by atoms with Crippen molar-refractivity contribution in [2.45, 2.75) is 11.4 Å². The van der Waals surface area contributed by atoms with Gasteiger partial charge >= 0.3 is 6.03 Å². The van der Waals surface area contributed by atoms with E-state index < -0.39 is 15.9 Å². The number of hydrogen-bond acceptors (Lipinski definition) is 5. The van der Waals surface area contributed by atoms with Gasteiger partial charge in [-0.3, -0.25) is 5.21 Å². The number of nitrogens with two attached hydrogens (primary N) is 1. The molecule has 27 heavy (non-hydrogen) atoms. The van der Waals surface area contributed by atoms with Crippen molar-refractivity contribution in [3.63, 3.8) is 0 Å². The SMILES string of the molecule is CS(=O)(=O)c1ccc(-c2coc(CN(O)C(N)=O)c2-c2ccccc2)cc1. The van der Waals surface area contributed by atoms with E-state index in [2.05, 4.69) is 0 Å². The lowest BCUT2D eigenvalue weighted by Gasteiger charge is -2.12. The number of sulfone groups is 1. The molecule has 3 N–H and O–H groups in total. The van der Waals surface area contributed by atoms with E-state index in [0.29, 0.717) is 22.0 Å². The van der Waals surface area contributed by atoms with Gasteiger partial charge in [0.1, 0.15) is 12.3 Å². The number of hydroxylamine groups is 2. The van der Waals surface area contributed by atoms with Crippen molar-refractivity contribution in [1.82, 2.24) is 5.06 Å². The van der Waals surface area contributed by atoms with E-state index in [1.54, 1.807) is 12.1 Å². The van der Waals surface area contributed by atoms with Crippen LogP contribution in [0.3, 0.4) is 0 Å². The molecule has 0 atom stereocenters.